The normalized spacial score (nSPS) is 22.8. The second kappa shape index (κ2) is 13.2. The molecule has 5 aliphatic rings. The Kier molecular flexibility index (Phi) is 8.83. The van der Waals surface area contributed by atoms with E-state index < -0.39 is 58.5 Å². The molecule has 2 N–H and O–H groups in total. The standard InChI is InChI=1S/C37H36ClF4N7O5/c38-27-14-23(37(40,41)42)2-5-28(27)44-34(54)36(10-1-11-36)48-17-22(16-43-48)21-8-12-46(13-9-21)18-35(39)19-47(20-35)24-3-4-25-26(15-24)33(53)49(32(25)52)29-6-7-30(50)45-31(29)51/h2-5,14-17,21,29H,1,6-13,18-20H2,(H,44,54)(H,45,50,51). The van der Waals surface area contributed by atoms with Crippen LogP contribution in [-0.4, -0.2) is 93.6 Å². The van der Waals surface area contributed by atoms with Gasteiger partial charge in [-0.2, -0.15) is 18.3 Å². The molecule has 12 nitrogen and oxygen atoms in total. The molecular formula is C37H36ClF4N7O5. The largest absolute Gasteiger partial charge is 0.416 e. The highest BCUT2D eigenvalue weighted by Gasteiger charge is 2.49. The molecule has 8 rings (SSSR count). The van der Waals surface area contributed by atoms with Crippen LogP contribution in [0.1, 0.15) is 82.7 Å². The highest BCUT2D eigenvalue weighted by Crippen LogP contribution is 2.43. The van der Waals surface area contributed by atoms with E-state index in [9.17, 15) is 37.1 Å². The monoisotopic (exact) mass is 769 g/mol. The van der Waals surface area contributed by atoms with Gasteiger partial charge in [-0.3, -0.25) is 43.8 Å². The van der Waals surface area contributed by atoms with Gasteiger partial charge in [-0.05, 0) is 99.5 Å². The summed E-state index contributed by atoms with van der Waals surface area (Å²) in [5, 5.41) is 9.22. The van der Waals surface area contributed by atoms with Gasteiger partial charge in [0.2, 0.25) is 11.8 Å². The number of fused-ring (bicyclic) bond motifs is 1. The molecule has 5 heterocycles. The predicted octanol–water partition coefficient (Wildman–Crippen LogP) is 4.88. The number of aromatic nitrogens is 2. The van der Waals surface area contributed by atoms with Crippen LogP contribution in [0, 0.1) is 0 Å². The van der Waals surface area contributed by atoms with E-state index >= 15 is 4.39 Å². The Morgan fingerprint density at radius 1 is 0.981 bits per heavy atom. The fraction of sp³-hybridized carbons (Fsp3) is 0.459. The Morgan fingerprint density at radius 3 is 2.35 bits per heavy atom. The van der Waals surface area contributed by atoms with Crippen molar-refractivity contribution in [3.63, 3.8) is 0 Å². The fourth-order valence-corrected chi connectivity index (χ4v) is 8.51. The van der Waals surface area contributed by atoms with Gasteiger partial charge in [0.25, 0.3) is 17.7 Å². The highest BCUT2D eigenvalue weighted by atomic mass is 35.5. The number of rotatable bonds is 8. The number of amides is 5. The molecule has 284 valence electrons. The van der Waals surface area contributed by atoms with E-state index in [1.54, 1.807) is 23.0 Å². The van der Waals surface area contributed by atoms with Crippen LogP contribution in [0.5, 0.6) is 0 Å². The number of carbonyl (C=O) groups is 5. The average Bonchev–Trinajstić information content (AvgIpc) is 3.67. The molecule has 1 saturated carbocycles. The molecule has 0 radical (unpaired) electrons. The first kappa shape index (κ1) is 36.2. The van der Waals surface area contributed by atoms with E-state index in [0.717, 1.165) is 47.9 Å². The van der Waals surface area contributed by atoms with Gasteiger partial charge in [0.15, 0.2) is 5.67 Å². The lowest BCUT2D eigenvalue weighted by Crippen LogP contribution is -2.64. The number of halogens is 5. The zero-order chi connectivity index (χ0) is 38.2. The highest BCUT2D eigenvalue weighted by molar-refractivity contribution is 6.33. The maximum Gasteiger partial charge on any atom is 0.416 e. The minimum atomic E-state index is -4.56. The third kappa shape index (κ3) is 6.32. The molecular weight excluding hydrogens is 734 g/mol. The summed E-state index contributed by atoms with van der Waals surface area (Å²) < 4.78 is 56.9. The van der Waals surface area contributed by atoms with Gasteiger partial charge in [0.05, 0.1) is 46.7 Å². The molecule has 1 atom stereocenters. The van der Waals surface area contributed by atoms with Gasteiger partial charge < -0.3 is 10.2 Å². The minimum Gasteiger partial charge on any atom is -0.365 e. The second-order valence-corrected chi connectivity index (χ2v) is 15.4. The lowest BCUT2D eigenvalue weighted by molar-refractivity contribution is -0.138. The zero-order valence-electron chi connectivity index (χ0n) is 28.9. The first-order valence-corrected chi connectivity index (χ1v) is 18.3. The van der Waals surface area contributed by atoms with Gasteiger partial charge in [0.1, 0.15) is 11.6 Å². The molecule has 4 aliphatic heterocycles. The average molecular weight is 770 g/mol. The number of nitrogens with one attached hydrogen (secondary N) is 2. The van der Waals surface area contributed by atoms with Crippen molar-refractivity contribution in [1.29, 1.82) is 0 Å². The van der Waals surface area contributed by atoms with Crippen molar-refractivity contribution in [1.82, 2.24) is 24.9 Å². The van der Waals surface area contributed by atoms with Gasteiger partial charge in [-0.15, -0.1) is 0 Å². The Morgan fingerprint density at radius 2 is 1.70 bits per heavy atom. The summed E-state index contributed by atoms with van der Waals surface area (Å²) in [6.07, 6.45) is 2.50. The van der Waals surface area contributed by atoms with Crippen LogP contribution in [0.2, 0.25) is 5.02 Å². The SMILES string of the molecule is O=C1CCC(N2C(=O)c3ccc(N4CC(F)(CN5CCC(c6cnn(C7(C(=O)Nc8ccc(C(F)(F)F)cc8Cl)CCC7)c6)CC5)C4)cc3C2=O)C(=O)N1. The predicted molar refractivity (Wildman–Crippen MR) is 187 cm³/mol. The third-order valence-corrected chi connectivity index (χ3v) is 11.8. The summed E-state index contributed by atoms with van der Waals surface area (Å²) in [7, 11) is 0. The van der Waals surface area contributed by atoms with E-state index in [0.29, 0.717) is 31.6 Å². The molecule has 1 unspecified atom stereocenters. The number of hydrogen-bond donors (Lipinski definition) is 2. The Bertz CT molecular complexity index is 2070. The van der Waals surface area contributed by atoms with Crippen molar-refractivity contribution >= 4 is 52.5 Å². The number of benzene rings is 2. The number of likely N-dealkylation sites (tertiary alicyclic amines) is 1. The third-order valence-electron chi connectivity index (χ3n) is 11.5. The number of anilines is 2. The molecule has 2 aromatic carbocycles. The number of hydrogen-bond acceptors (Lipinski definition) is 8. The molecule has 3 saturated heterocycles. The van der Waals surface area contributed by atoms with E-state index in [2.05, 4.69) is 20.6 Å². The van der Waals surface area contributed by atoms with Crippen LogP contribution in [-0.2, 0) is 26.1 Å². The lowest BCUT2D eigenvalue weighted by atomic mass is 9.76. The van der Waals surface area contributed by atoms with Gasteiger partial charge in [-0.25, -0.2) is 4.39 Å². The molecule has 0 spiro atoms. The van der Waals surface area contributed by atoms with E-state index in [1.807, 2.05) is 11.1 Å². The van der Waals surface area contributed by atoms with Crippen molar-refractivity contribution in [3.8, 4) is 0 Å². The van der Waals surface area contributed by atoms with Gasteiger partial charge >= 0.3 is 6.18 Å². The summed E-state index contributed by atoms with van der Waals surface area (Å²) in [4.78, 5) is 68.5. The second-order valence-electron chi connectivity index (χ2n) is 15.0. The van der Waals surface area contributed by atoms with Gasteiger partial charge in [-0.1, -0.05) is 11.6 Å². The number of carbonyl (C=O) groups excluding carboxylic acids is 5. The number of alkyl halides is 4. The molecule has 17 heteroatoms. The van der Waals surface area contributed by atoms with Crippen LogP contribution in [0.25, 0.3) is 0 Å². The first-order valence-electron chi connectivity index (χ1n) is 17.9. The van der Waals surface area contributed by atoms with Crippen molar-refractivity contribution in [2.75, 3.05) is 42.9 Å². The summed E-state index contributed by atoms with van der Waals surface area (Å²) in [6.45, 7) is 1.77. The Balaban J connectivity index is 0.846. The van der Waals surface area contributed by atoms with Crippen molar-refractivity contribution in [2.45, 2.75) is 74.3 Å². The quantitative estimate of drug-likeness (QED) is 0.245. The molecule has 0 bridgehead atoms. The molecule has 1 aromatic heterocycles. The van der Waals surface area contributed by atoms with E-state index in [4.69, 9.17) is 11.6 Å². The maximum atomic E-state index is 16.0. The Hall–Kier alpha value is -4.83. The smallest absolute Gasteiger partial charge is 0.365 e. The van der Waals surface area contributed by atoms with Crippen LogP contribution in [0.4, 0.5) is 28.9 Å². The topological polar surface area (TPSA) is 137 Å². The number of imide groups is 2. The summed E-state index contributed by atoms with van der Waals surface area (Å²) >= 11 is 6.10. The molecule has 4 fully saturated rings. The number of nitrogens with zero attached hydrogens (tertiary/aromatic N) is 5. The van der Waals surface area contributed by atoms with Crippen LogP contribution in [0.15, 0.2) is 48.8 Å². The first-order chi connectivity index (χ1) is 25.6. The van der Waals surface area contributed by atoms with E-state index in [1.165, 1.54) is 6.07 Å². The van der Waals surface area contributed by atoms with Gasteiger partial charge in [0, 0.05) is 24.8 Å². The summed E-state index contributed by atoms with van der Waals surface area (Å²) in [5.74, 6) is -2.57. The summed E-state index contributed by atoms with van der Waals surface area (Å²) in [6, 6.07) is 6.52. The molecule has 1 aliphatic carbocycles. The van der Waals surface area contributed by atoms with Crippen LogP contribution >= 0.6 is 11.6 Å². The lowest BCUT2D eigenvalue weighted by Gasteiger charge is -2.48. The van der Waals surface area contributed by atoms with Crippen LogP contribution < -0.4 is 15.5 Å². The Labute approximate surface area is 311 Å². The molecule has 3 aromatic rings. The van der Waals surface area contributed by atoms with Crippen molar-refractivity contribution in [3.05, 3.63) is 76.1 Å². The number of piperidine rings is 2. The van der Waals surface area contributed by atoms with Crippen LogP contribution in [0.3, 0.4) is 0 Å². The fourth-order valence-electron chi connectivity index (χ4n) is 8.29. The van der Waals surface area contributed by atoms with Crippen molar-refractivity contribution < 1.29 is 41.5 Å². The minimum absolute atomic E-state index is 0.0280. The zero-order valence-corrected chi connectivity index (χ0v) is 29.7. The molecule has 54 heavy (non-hydrogen) atoms. The molecule has 5 amide bonds. The maximum absolute atomic E-state index is 16.0. The van der Waals surface area contributed by atoms with E-state index in [-0.39, 0.29) is 60.2 Å². The summed E-state index contributed by atoms with van der Waals surface area (Å²) in [5.41, 5.74) is -1.38. The van der Waals surface area contributed by atoms with Crippen molar-refractivity contribution in [2.24, 2.45) is 0 Å².